The highest BCUT2D eigenvalue weighted by Crippen LogP contribution is 2.38. The van der Waals surface area contributed by atoms with Crippen LogP contribution in [0.3, 0.4) is 0 Å². The first-order chi connectivity index (χ1) is 15.8. The van der Waals surface area contributed by atoms with Crippen molar-refractivity contribution in [3.63, 3.8) is 0 Å². The summed E-state index contributed by atoms with van der Waals surface area (Å²) in [6.07, 6.45) is 4.48. The van der Waals surface area contributed by atoms with Gasteiger partial charge in [0.1, 0.15) is 6.61 Å². The molecule has 3 rings (SSSR count). The molecule has 33 heavy (non-hydrogen) atoms. The smallest absolute Gasteiger partial charge is 0.408 e. The zero-order valence-corrected chi connectivity index (χ0v) is 19.7. The van der Waals surface area contributed by atoms with Gasteiger partial charge < -0.3 is 15.4 Å². The van der Waals surface area contributed by atoms with E-state index >= 15 is 0 Å². The Balaban J connectivity index is 1.67. The maximum absolute atomic E-state index is 13.3. The lowest BCUT2D eigenvalue weighted by molar-refractivity contribution is -0.142. The van der Waals surface area contributed by atoms with Gasteiger partial charge in [0.2, 0.25) is 5.78 Å². The SMILES string of the molecule is CC(C)CC(NC(=O)OCc1ccccc1)C(=O)CC1C(=O)C(=O)NCCC2CCCC1C2. The van der Waals surface area contributed by atoms with Crippen LogP contribution in [0.2, 0.25) is 0 Å². The van der Waals surface area contributed by atoms with Crippen LogP contribution in [0.1, 0.15) is 64.4 Å². The van der Waals surface area contributed by atoms with Crippen LogP contribution in [0.4, 0.5) is 4.79 Å². The minimum atomic E-state index is -0.754. The fraction of sp³-hybridized carbons (Fsp3) is 0.615. The summed E-state index contributed by atoms with van der Waals surface area (Å²) in [6.45, 7) is 4.57. The van der Waals surface area contributed by atoms with Gasteiger partial charge in [-0.25, -0.2) is 4.79 Å². The first kappa shape index (κ1) is 24.9. The van der Waals surface area contributed by atoms with E-state index in [4.69, 9.17) is 4.74 Å². The van der Waals surface area contributed by atoms with Crippen molar-refractivity contribution < 1.29 is 23.9 Å². The number of hydrogen-bond donors (Lipinski definition) is 2. The number of benzene rings is 1. The number of carbonyl (C=O) groups is 4. The standard InChI is InChI=1S/C26H36N2O5/c1-17(2)13-22(28-26(32)33-16-19-7-4-3-5-8-19)23(29)15-21-20-10-6-9-18(14-20)11-12-27-25(31)24(21)30/h3-5,7-8,17-18,20-22H,6,9-16H2,1-2H3,(H,27,31)(H,28,32). The third-order valence-corrected chi connectivity index (χ3v) is 6.81. The average molecular weight is 457 g/mol. The van der Waals surface area contributed by atoms with E-state index in [1.54, 1.807) is 0 Å². The molecule has 4 atom stereocenters. The molecule has 2 N–H and O–H groups in total. The molecule has 0 spiro atoms. The number of carbonyl (C=O) groups excluding carboxylic acids is 4. The molecule has 2 aliphatic rings. The molecule has 0 radical (unpaired) electrons. The van der Waals surface area contributed by atoms with E-state index < -0.39 is 29.7 Å². The van der Waals surface area contributed by atoms with Gasteiger partial charge in [0.25, 0.3) is 5.91 Å². The van der Waals surface area contributed by atoms with Gasteiger partial charge in [0, 0.05) is 18.9 Å². The molecule has 2 fully saturated rings. The van der Waals surface area contributed by atoms with E-state index in [0.29, 0.717) is 18.9 Å². The van der Waals surface area contributed by atoms with Gasteiger partial charge in [-0.15, -0.1) is 0 Å². The van der Waals surface area contributed by atoms with E-state index in [1.165, 1.54) is 0 Å². The maximum atomic E-state index is 13.3. The molecule has 1 aromatic carbocycles. The third kappa shape index (κ3) is 7.41. The van der Waals surface area contributed by atoms with Crippen molar-refractivity contribution >= 4 is 23.6 Å². The molecule has 7 nitrogen and oxygen atoms in total. The van der Waals surface area contributed by atoms with Gasteiger partial charge in [-0.1, -0.05) is 57.0 Å². The van der Waals surface area contributed by atoms with Gasteiger partial charge in [0.15, 0.2) is 5.78 Å². The number of ether oxygens (including phenoxy) is 1. The number of ketones is 2. The number of amides is 2. The van der Waals surface area contributed by atoms with E-state index in [1.807, 2.05) is 44.2 Å². The summed E-state index contributed by atoms with van der Waals surface area (Å²) in [5.41, 5.74) is 0.855. The molecule has 1 aliphatic carbocycles. The topological polar surface area (TPSA) is 102 Å². The maximum Gasteiger partial charge on any atom is 0.408 e. The predicted octanol–water partition coefficient (Wildman–Crippen LogP) is 3.80. The first-order valence-electron chi connectivity index (χ1n) is 12.2. The quantitative estimate of drug-likeness (QED) is 0.580. The molecule has 0 aromatic heterocycles. The number of nitrogens with one attached hydrogen (secondary N) is 2. The predicted molar refractivity (Wildman–Crippen MR) is 124 cm³/mol. The van der Waals surface area contributed by atoms with Gasteiger partial charge in [0.05, 0.1) is 6.04 Å². The van der Waals surface area contributed by atoms with Crippen LogP contribution in [-0.4, -0.2) is 36.2 Å². The average Bonchev–Trinajstić information content (AvgIpc) is 2.83. The second-order valence-electron chi connectivity index (χ2n) is 9.87. The third-order valence-electron chi connectivity index (χ3n) is 6.81. The van der Waals surface area contributed by atoms with E-state index in [2.05, 4.69) is 10.6 Å². The van der Waals surface area contributed by atoms with E-state index in [9.17, 15) is 19.2 Å². The molecule has 1 aliphatic heterocycles. The van der Waals surface area contributed by atoms with Crippen molar-refractivity contribution in [1.29, 1.82) is 0 Å². The minimum Gasteiger partial charge on any atom is -0.445 e. The lowest BCUT2D eigenvalue weighted by atomic mass is 9.71. The molecule has 1 aromatic rings. The Morgan fingerprint density at radius 2 is 1.88 bits per heavy atom. The minimum absolute atomic E-state index is 0.0278. The van der Waals surface area contributed by atoms with Crippen LogP contribution in [0.25, 0.3) is 0 Å². The monoisotopic (exact) mass is 456 g/mol. The van der Waals surface area contributed by atoms with Crippen molar-refractivity contribution in [2.75, 3.05) is 6.54 Å². The molecule has 2 bridgehead atoms. The second kappa shape index (κ2) is 12.0. The van der Waals surface area contributed by atoms with Crippen LogP contribution >= 0.6 is 0 Å². The Morgan fingerprint density at radius 1 is 1.12 bits per heavy atom. The molecular weight excluding hydrogens is 420 g/mol. The molecule has 2 amide bonds. The molecule has 4 unspecified atom stereocenters. The molecule has 1 heterocycles. The summed E-state index contributed by atoms with van der Waals surface area (Å²) in [4.78, 5) is 51.0. The lowest BCUT2D eigenvalue weighted by Crippen LogP contribution is -2.45. The number of rotatable bonds is 8. The normalized spacial score (nSPS) is 24.2. The highest BCUT2D eigenvalue weighted by atomic mass is 16.5. The summed E-state index contributed by atoms with van der Waals surface area (Å²) in [5, 5.41) is 5.43. The summed E-state index contributed by atoms with van der Waals surface area (Å²) < 4.78 is 5.30. The van der Waals surface area contributed by atoms with Crippen LogP contribution in [-0.2, 0) is 25.7 Å². The summed E-state index contributed by atoms with van der Waals surface area (Å²) in [5.74, 6) is -1.25. The molecule has 1 saturated heterocycles. The largest absolute Gasteiger partial charge is 0.445 e. The Morgan fingerprint density at radius 3 is 2.61 bits per heavy atom. The Labute approximate surface area is 196 Å². The van der Waals surface area contributed by atoms with Crippen molar-refractivity contribution in [3.8, 4) is 0 Å². The highest BCUT2D eigenvalue weighted by Gasteiger charge is 2.39. The fourth-order valence-electron chi connectivity index (χ4n) is 5.09. The Hall–Kier alpha value is -2.70. The molecule has 180 valence electrons. The summed E-state index contributed by atoms with van der Waals surface area (Å²) in [6, 6.07) is 8.57. The van der Waals surface area contributed by atoms with E-state index in [-0.39, 0.29) is 30.6 Å². The number of alkyl carbamates (subject to hydrolysis) is 1. The number of fused-ring (bicyclic) bond motifs is 2. The van der Waals surface area contributed by atoms with Gasteiger partial charge >= 0.3 is 6.09 Å². The first-order valence-corrected chi connectivity index (χ1v) is 12.2. The summed E-state index contributed by atoms with van der Waals surface area (Å²) >= 11 is 0. The highest BCUT2D eigenvalue weighted by molar-refractivity contribution is 6.37. The van der Waals surface area contributed by atoms with Crippen LogP contribution in [0, 0.1) is 23.7 Å². The van der Waals surface area contributed by atoms with Crippen LogP contribution in [0.15, 0.2) is 30.3 Å². The summed E-state index contributed by atoms with van der Waals surface area (Å²) in [7, 11) is 0. The van der Waals surface area contributed by atoms with E-state index in [0.717, 1.165) is 37.7 Å². The zero-order valence-electron chi connectivity index (χ0n) is 19.7. The van der Waals surface area contributed by atoms with Gasteiger partial charge in [-0.05, 0) is 49.0 Å². The molecule has 1 saturated carbocycles. The Kier molecular flexibility index (Phi) is 9.03. The van der Waals surface area contributed by atoms with Gasteiger partial charge in [-0.2, -0.15) is 0 Å². The lowest BCUT2D eigenvalue weighted by Gasteiger charge is -2.33. The van der Waals surface area contributed by atoms with Crippen molar-refractivity contribution in [3.05, 3.63) is 35.9 Å². The Bertz CT molecular complexity index is 838. The van der Waals surface area contributed by atoms with Gasteiger partial charge in [-0.3, -0.25) is 14.4 Å². The van der Waals surface area contributed by atoms with Crippen molar-refractivity contribution in [2.45, 2.75) is 71.4 Å². The fourth-order valence-corrected chi connectivity index (χ4v) is 5.09. The van der Waals surface area contributed by atoms with Crippen LogP contribution < -0.4 is 10.6 Å². The molecular formula is C26H36N2O5. The van der Waals surface area contributed by atoms with Crippen molar-refractivity contribution in [2.24, 2.45) is 23.7 Å². The molecule has 7 heteroatoms. The van der Waals surface area contributed by atoms with Crippen molar-refractivity contribution in [1.82, 2.24) is 10.6 Å². The zero-order chi connectivity index (χ0) is 23.8. The number of hydrogen-bond acceptors (Lipinski definition) is 5. The van der Waals surface area contributed by atoms with Crippen LogP contribution in [0.5, 0.6) is 0 Å². The number of Topliss-reactive ketones (excluding diaryl/α,β-unsaturated/α-hetero) is 2. The second-order valence-corrected chi connectivity index (χ2v) is 9.87.